The molecule has 0 aromatic heterocycles. The van der Waals surface area contributed by atoms with Gasteiger partial charge in [-0.1, -0.05) is 19.1 Å². The van der Waals surface area contributed by atoms with E-state index in [1.165, 1.54) is 18.2 Å². The zero-order valence-electron chi connectivity index (χ0n) is 12.6. The number of nitrogens with one attached hydrogen (secondary N) is 1. The highest BCUT2D eigenvalue weighted by Gasteiger charge is 2.13. The van der Waals surface area contributed by atoms with Gasteiger partial charge in [0.15, 0.2) is 11.6 Å². The molecule has 0 aliphatic carbocycles. The molecule has 0 atom stereocenters. The van der Waals surface area contributed by atoms with Crippen molar-refractivity contribution in [2.75, 3.05) is 13.2 Å². The highest BCUT2D eigenvalue weighted by atomic mass is 32.2. The molecular formula is C16H17F2NO3S. The quantitative estimate of drug-likeness (QED) is 0.788. The van der Waals surface area contributed by atoms with E-state index in [9.17, 15) is 17.2 Å². The van der Waals surface area contributed by atoms with Gasteiger partial charge in [0, 0.05) is 12.6 Å². The van der Waals surface area contributed by atoms with Crippen LogP contribution in [-0.4, -0.2) is 21.6 Å². The molecule has 4 nitrogen and oxygen atoms in total. The second kappa shape index (κ2) is 7.52. The fourth-order valence-electron chi connectivity index (χ4n) is 1.90. The number of halogens is 2. The summed E-state index contributed by atoms with van der Waals surface area (Å²) < 4.78 is 57.5. The van der Waals surface area contributed by atoms with Crippen LogP contribution in [0.2, 0.25) is 0 Å². The molecule has 23 heavy (non-hydrogen) atoms. The van der Waals surface area contributed by atoms with Gasteiger partial charge in [0.1, 0.15) is 12.4 Å². The molecule has 0 unspecified atom stereocenters. The number of aryl methyl sites for hydroxylation is 1. The van der Waals surface area contributed by atoms with Gasteiger partial charge in [-0.2, -0.15) is 0 Å². The SMILES string of the molecule is CCc1ccc(S(=O)(=O)NCCOc2ccc(F)c(F)c2)cc1. The Hall–Kier alpha value is -1.99. The van der Waals surface area contributed by atoms with Gasteiger partial charge < -0.3 is 4.74 Å². The van der Waals surface area contributed by atoms with Gasteiger partial charge in [0.2, 0.25) is 10.0 Å². The highest BCUT2D eigenvalue weighted by molar-refractivity contribution is 7.89. The summed E-state index contributed by atoms with van der Waals surface area (Å²) in [5.74, 6) is -1.84. The molecule has 0 amide bonds. The first kappa shape index (κ1) is 17.4. The molecule has 0 fully saturated rings. The lowest BCUT2D eigenvalue weighted by molar-refractivity contribution is 0.319. The molecule has 0 spiro atoms. The van der Waals surface area contributed by atoms with Crippen LogP contribution in [0.5, 0.6) is 5.75 Å². The normalized spacial score (nSPS) is 11.4. The van der Waals surface area contributed by atoms with Gasteiger partial charge in [-0.05, 0) is 36.2 Å². The number of sulfonamides is 1. The van der Waals surface area contributed by atoms with Gasteiger partial charge >= 0.3 is 0 Å². The third kappa shape index (κ3) is 4.74. The maximum absolute atomic E-state index is 13.0. The Balaban J connectivity index is 1.87. The minimum absolute atomic E-state index is 0.00263. The summed E-state index contributed by atoms with van der Waals surface area (Å²) in [6, 6.07) is 9.72. The summed E-state index contributed by atoms with van der Waals surface area (Å²) in [6.07, 6.45) is 0.829. The number of rotatable bonds is 7. The van der Waals surface area contributed by atoms with Crippen LogP contribution < -0.4 is 9.46 Å². The first-order valence-electron chi connectivity index (χ1n) is 7.09. The van der Waals surface area contributed by atoms with Crippen molar-refractivity contribution >= 4 is 10.0 Å². The lowest BCUT2D eigenvalue weighted by Gasteiger charge is -2.09. The van der Waals surface area contributed by atoms with E-state index in [4.69, 9.17) is 4.74 Å². The maximum atomic E-state index is 13.0. The van der Waals surface area contributed by atoms with Crippen LogP contribution in [0.3, 0.4) is 0 Å². The van der Waals surface area contributed by atoms with E-state index in [0.717, 1.165) is 24.1 Å². The summed E-state index contributed by atoms with van der Waals surface area (Å²) >= 11 is 0. The molecule has 1 N–H and O–H groups in total. The van der Waals surface area contributed by atoms with Crippen molar-refractivity contribution in [2.24, 2.45) is 0 Å². The monoisotopic (exact) mass is 341 g/mol. The van der Waals surface area contributed by atoms with Crippen LogP contribution in [0.15, 0.2) is 47.4 Å². The molecule has 2 aromatic carbocycles. The topological polar surface area (TPSA) is 55.4 Å². The second-order valence-corrected chi connectivity index (χ2v) is 6.59. The molecule has 0 bridgehead atoms. The predicted octanol–water partition coefficient (Wildman–Crippen LogP) is 2.88. The van der Waals surface area contributed by atoms with Crippen molar-refractivity contribution in [2.45, 2.75) is 18.2 Å². The van der Waals surface area contributed by atoms with Crippen LogP contribution in [0.4, 0.5) is 8.78 Å². The highest BCUT2D eigenvalue weighted by Crippen LogP contribution is 2.15. The average molecular weight is 341 g/mol. The number of hydrogen-bond donors (Lipinski definition) is 1. The zero-order chi connectivity index (χ0) is 16.9. The fraction of sp³-hybridized carbons (Fsp3) is 0.250. The summed E-state index contributed by atoms with van der Waals surface area (Å²) in [4.78, 5) is 0.169. The van der Waals surface area contributed by atoms with Gasteiger partial charge in [0.25, 0.3) is 0 Å². The summed E-state index contributed by atoms with van der Waals surface area (Å²) in [6.45, 7) is 1.99. The van der Waals surface area contributed by atoms with E-state index in [-0.39, 0.29) is 23.8 Å². The number of hydrogen-bond acceptors (Lipinski definition) is 3. The number of benzene rings is 2. The molecule has 0 heterocycles. The minimum atomic E-state index is -3.62. The Morgan fingerprint density at radius 3 is 2.35 bits per heavy atom. The van der Waals surface area contributed by atoms with Crippen LogP contribution in [0, 0.1) is 11.6 Å². The van der Waals surface area contributed by atoms with Gasteiger partial charge in [0.05, 0.1) is 4.90 Å². The molecule has 0 aliphatic rings. The molecule has 0 radical (unpaired) electrons. The first-order valence-corrected chi connectivity index (χ1v) is 8.57. The third-order valence-corrected chi connectivity index (χ3v) is 4.67. The number of ether oxygens (including phenoxy) is 1. The van der Waals surface area contributed by atoms with Gasteiger partial charge in [-0.15, -0.1) is 0 Å². The lowest BCUT2D eigenvalue weighted by Crippen LogP contribution is -2.28. The lowest BCUT2D eigenvalue weighted by atomic mass is 10.2. The fourth-order valence-corrected chi connectivity index (χ4v) is 2.91. The summed E-state index contributed by atoms with van der Waals surface area (Å²) in [5.41, 5.74) is 1.05. The zero-order valence-corrected chi connectivity index (χ0v) is 13.4. The Kier molecular flexibility index (Phi) is 5.68. The smallest absolute Gasteiger partial charge is 0.240 e. The molecule has 7 heteroatoms. The molecule has 0 aliphatic heterocycles. The van der Waals surface area contributed by atoms with E-state index in [1.807, 2.05) is 6.92 Å². The van der Waals surface area contributed by atoms with Crippen molar-refractivity contribution in [3.63, 3.8) is 0 Å². The Bertz CT molecular complexity index is 761. The second-order valence-electron chi connectivity index (χ2n) is 4.82. The van der Waals surface area contributed by atoms with Crippen LogP contribution >= 0.6 is 0 Å². The Labute approximate surface area is 134 Å². The largest absolute Gasteiger partial charge is 0.492 e. The van der Waals surface area contributed by atoms with Crippen LogP contribution in [0.25, 0.3) is 0 Å². The van der Waals surface area contributed by atoms with Gasteiger partial charge in [-0.3, -0.25) is 0 Å². The van der Waals surface area contributed by atoms with Crippen molar-refractivity contribution in [1.82, 2.24) is 4.72 Å². The minimum Gasteiger partial charge on any atom is -0.492 e. The average Bonchev–Trinajstić information content (AvgIpc) is 2.55. The van der Waals surface area contributed by atoms with E-state index < -0.39 is 21.7 Å². The van der Waals surface area contributed by atoms with Crippen molar-refractivity contribution < 1.29 is 21.9 Å². The summed E-state index contributed by atoms with van der Waals surface area (Å²) in [7, 11) is -3.62. The predicted molar refractivity (Wildman–Crippen MR) is 82.9 cm³/mol. The van der Waals surface area contributed by atoms with E-state index in [1.54, 1.807) is 12.1 Å². The Morgan fingerprint density at radius 2 is 1.74 bits per heavy atom. The molecular weight excluding hydrogens is 324 g/mol. The van der Waals surface area contributed by atoms with Crippen molar-refractivity contribution in [3.8, 4) is 5.75 Å². The van der Waals surface area contributed by atoms with Gasteiger partial charge in [-0.25, -0.2) is 21.9 Å². The molecule has 0 saturated carbocycles. The third-order valence-electron chi connectivity index (χ3n) is 3.20. The van der Waals surface area contributed by atoms with Crippen LogP contribution in [0.1, 0.15) is 12.5 Å². The first-order chi connectivity index (χ1) is 10.9. The van der Waals surface area contributed by atoms with E-state index in [2.05, 4.69) is 4.72 Å². The standard InChI is InChI=1S/C16H17F2NO3S/c1-2-12-3-6-14(7-4-12)23(20,21)19-9-10-22-13-5-8-15(17)16(18)11-13/h3-8,11,19H,2,9-10H2,1H3. The maximum Gasteiger partial charge on any atom is 0.240 e. The van der Waals surface area contributed by atoms with E-state index >= 15 is 0 Å². The molecule has 124 valence electrons. The molecule has 0 saturated heterocycles. The van der Waals surface area contributed by atoms with E-state index in [0.29, 0.717) is 0 Å². The molecule has 2 aromatic rings. The van der Waals surface area contributed by atoms with Crippen LogP contribution in [-0.2, 0) is 16.4 Å². The summed E-state index contributed by atoms with van der Waals surface area (Å²) in [5, 5.41) is 0. The van der Waals surface area contributed by atoms with Crippen molar-refractivity contribution in [1.29, 1.82) is 0 Å². The van der Waals surface area contributed by atoms with Crippen molar-refractivity contribution in [3.05, 3.63) is 59.7 Å². The Morgan fingerprint density at radius 1 is 1.04 bits per heavy atom. The molecule has 2 rings (SSSR count).